The van der Waals surface area contributed by atoms with Crippen LogP contribution in [-0.4, -0.2) is 5.97 Å². The maximum Gasteiger partial charge on any atom is 0.312 e. The molecule has 0 aliphatic heterocycles. The zero-order valence-corrected chi connectivity index (χ0v) is 14.4. The molecule has 0 amide bonds. The van der Waals surface area contributed by atoms with Crippen LogP contribution in [0, 0.1) is 5.41 Å². The van der Waals surface area contributed by atoms with Gasteiger partial charge in [-0.25, -0.2) is 0 Å². The van der Waals surface area contributed by atoms with Crippen molar-refractivity contribution in [3.05, 3.63) is 35.9 Å². The fourth-order valence-corrected chi connectivity index (χ4v) is 2.43. The normalized spacial score (nSPS) is 15.7. The summed E-state index contributed by atoms with van der Waals surface area (Å²) in [5.41, 5.74) is 0.813. The van der Waals surface area contributed by atoms with E-state index >= 15 is 0 Å². The van der Waals surface area contributed by atoms with Crippen molar-refractivity contribution in [2.45, 2.75) is 73.3 Å². The van der Waals surface area contributed by atoms with E-state index < -0.39 is 0 Å². The minimum absolute atomic E-state index is 0.0268. The second-order valence-corrected chi connectivity index (χ2v) is 5.18. The first-order valence-electron chi connectivity index (χ1n) is 8.42. The van der Waals surface area contributed by atoms with Crippen LogP contribution in [0.5, 0.6) is 0 Å². The lowest BCUT2D eigenvalue weighted by molar-refractivity contribution is -0.158. The molecule has 21 heavy (non-hydrogen) atoms. The van der Waals surface area contributed by atoms with Gasteiger partial charge in [0, 0.05) is 0 Å². The van der Waals surface area contributed by atoms with Crippen molar-refractivity contribution >= 4 is 5.97 Å². The minimum atomic E-state index is -0.243. The molecule has 0 bridgehead atoms. The molecule has 1 aromatic carbocycles. The zero-order valence-electron chi connectivity index (χ0n) is 14.4. The van der Waals surface area contributed by atoms with Crippen LogP contribution in [0.15, 0.2) is 30.3 Å². The van der Waals surface area contributed by atoms with Crippen LogP contribution < -0.4 is 0 Å². The van der Waals surface area contributed by atoms with E-state index in [0.717, 1.165) is 31.2 Å². The maximum atomic E-state index is 12.1. The molecule has 1 aliphatic rings. The predicted octanol–water partition coefficient (Wildman–Crippen LogP) is 5.75. The summed E-state index contributed by atoms with van der Waals surface area (Å²) < 4.78 is 5.43. The van der Waals surface area contributed by atoms with Crippen molar-refractivity contribution in [1.82, 2.24) is 0 Å². The summed E-state index contributed by atoms with van der Waals surface area (Å²) in [5, 5.41) is 0. The fourth-order valence-electron chi connectivity index (χ4n) is 2.43. The van der Waals surface area contributed by atoms with Crippen molar-refractivity contribution in [3.63, 3.8) is 0 Å². The van der Waals surface area contributed by atoms with Crippen LogP contribution in [0.2, 0.25) is 0 Å². The second-order valence-electron chi connectivity index (χ2n) is 5.18. The molecule has 2 nitrogen and oxygen atoms in total. The first kappa shape index (κ1) is 19.7. The SMILES string of the molecule is CC.CC.CC1(C(=O)OCc2ccccc2)CCCCC1. The van der Waals surface area contributed by atoms with E-state index in [0.29, 0.717) is 6.61 Å². The fraction of sp³-hybridized carbons (Fsp3) is 0.632. The average molecular weight is 292 g/mol. The molecule has 0 heterocycles. The molecule has 0 radical (unpaired) electrons. The largest absolute Gasteiger partial charge is 0.460 e. The Bertz CT molecular complexity index is 364. The third kappa shape index (κ3) is 6.79. The molecule has 1 aromatic rings. The van der Waals surface area contributed by atoms with E-state index in [9.17, 15) is 4.79 Å². The number of carbonyl (C=O) groups is 1. The van der Waals surface area contributed by atoms with E-state index in [1.54, 1.807) is 0 Å². The van der Waals surface area contributed by atoms with Crippen LogP contribution in [0.25, 0.3) is 0 Å². The summed E-state index contributed by atoms with van der Waals surface area (Å²) in [4.78, 5) is 12.1. The third-order valence-corrected chi connectivity index (χ3v) is 3.66. The number of hydrogen-bond donors (Lipinski definition) is 0. The molecular weight excluding hydrogens is 260 g/mol. The molecule has 0 saturated heterocycles. The first-order chi connectivity index (χ1) is 10.2. The Hall–Kier alpha value is -1.31. The number of benzene rings is 1. The lowest BCUT2D eigenvalue weighted by Crippen LogP contribution is -2.31. The van der Waals surface area contributed by atoms with E-state index in [-0.39, 0.29) is 11.4 Å². The van der Waals surface area contributed by atoms with Crippen LogP contribution in [-0.2, 0) is 16.1 Å². The van der Waals surface area contributed by atoms with Crippen LogP contribution in [0.4, 0.5) is 0 Å². The molecule has 1 saturated carbocycles. The summed E-state index contributed by atoms with van der Waals surface area (Å²) in [7, 11) is 0. The van der Waals surface area contributed by atoms with Crippen molar-refractivity contribution in [2.75, 3.05) is 0 Å². The molecule has 1 fully saturated rings. The molecule has 0 unspecified atom stereocenters. The predicted molar refractivity (Wildman–Crippen MR) is 90.1 cm³/mol. The Morgan fingerprint density at radius 2 is 1.52 bits per heavy atom. The smallest absolute Gasteiger partial charge is 0.312 e. The van der Waals surface area contributed by atoms with Gasteiger partial charge < -0.3 is 4.74 Å². The van der Waals surface area contributed by atoms with Crippen LogP contribution in [0.1, 0.15) is 72.3 Å². The highest BCUT2D eigenvalue weighted by molar-refractivity contribution is 5.76. The first-order valence-corrected chi connectivity index (χ1v) is 8.42. The van der Waals surface area contributed by atoms with Crippen LogP contribution >= 0.6 is 0 Å². The van der Waals surface area contributed by atoms with E-state index in [4.69, 9.17) is 4.74 Å². The number of rotatable bonds is 3. The molecule has 0 aromatic heterocycles. The van der Waals surface area contributed by atoms with E-state index in [1.807, 2.05) is 65.0 Å². The topological polar surface area (TPSA) is 26.3 Å². The van der Waals surface area contributed by atoms with Gasteiger partial charge in [0.1, 0.15) is 6.61 Å². The lowest BCUT2D eigenvalue weighted by Gasteiger charge is -2.30. The Morgan fingerprint density at radius 1 is 1.00 bits per heavy atom. The van der Waals surface area contributed by atoms with Gasteiger partial charge in [-0.2, -0.15) is 0 Å². The van der Waals surface area contributed by atoms with Gasteiger partial charge in [0.15, 0.2) is 0 Å². The van der Waals surface area contributed by atoms with Gasteiger partial charge in [-0.1, -0.05) is 77.3 Å². The van der Waals surface area contributed by atoms with Gasteiger partial charge >= 0.3 is 5.97 Å². The Kier molecular flexibility index (Phi) is 10.7. The maximum absolute atomic E-state index is 12.1. The molecule has 1 aliphatic carbocycles. The number of carbonyl (C=O) groups excluding carboxylic acids is 1. The molecule has 0 spiro atoms. The molecule has 120 valence electrons. The monoisotopic (exact) mass is 292 g/mol. The molecule has 2 rings (SSSR count). The van der Waals surface area contributed by atoms with Gasteiger partial charge in [-0.05, 0) is 25.3 Å². The van der Waals surface area contributed by atoms with Gasteiger partial charge in [-0.15, -0.1) is 0 Å². The Balaban J connectivity index is 0.000000921. The number of ether oxygens (including phenoxy) is 1. The highest BCUT2D eigenvalue weighted by Crippen LogP contribution is 2.36. The van der Waals surface area contributed by atoms with Gasteiger partial charge in [-0.3, -0.25) is 4.79 Å². The molecular formula is C19H32O2. The summed E-state index contributed by atoms with van der Waals surface area (Å²) in [6, 6.07) is 9.86. The number of esters is 1. The van der Waals surface area contributed by atoms with Crippen molar-refractivity contribution < 1.29 is 9.53 Å². The molecule has 2 heteroatoms. The lowest BCUT2D eigenvalue weighted by atomic mass is 9.76. The van der Waals surface area contributed by atoms with Crippen LogP contribution in [0.3, 0.4) is 0 Å². The summed E-state index contributed by atoms with van der Waals surface area (Å²) in [6.07, 6.45) is 5.50. The van der Waals surface area contributed by atoms with Gasteiger partial charge in [0.25, 0.3) is 0 Å². The van der Waals surface area contributed by atoms with Crippen molar-refractivity contribution in [1.29, 1.82) is 0 Å². The molecule has 0 atom stereocenters. The highest BCUT2D eigenvalue weighted by atomic mass is 16.5. The summed E-state index contributed by atoms with van der Waals surface area (Å²) >= 11 is 0. The molecule has 0 N–H and O–H groups in total. The number of hydrogen-bond acceptors (Lipinski definition) is 2. The second kappa shape index (κ2) is 11.4. The highest BCUT2D eigenvalue weighted by Gasteiger charge is 2.35. The Morgan fingerprint density at radius 3 is 2.05 bits per heavy atom. The standard InChI is InChI=1S/C15H20O2.2C2H6/c1-15(10-6-3-7-11-15)14(16)17-12-13-8-4-2-5-9-13;2*1-2/h2,4-5,8-9H,3,6-7,10-12H2,1H3;2*1-2H3. The third-order valence-electron chi connectivity index (χ3n) is 3.66. The van der Waals surface area contributed by atoms with E-state index in [1.165, 1.54) is 6.42 Å². The minimum Gasteiger partial charge on any atom is -0.460 e. The van der Waals surface area contributed by atoms with Gasteiger partial charge in [0.2, 0.25) is 0 Å². The quantitative estimate of drug-likeness (QED) is 0.663. The van der Waals surface area contributed by atoms with Gasteiger partial charge in [0.05, 0.1) is 5.41 Å². The average Bonchev–Trinajstić information content (AvgIpc) is 2.58. The van der Waals surface area contributed by atoms with Crippen molar-refractivity contribution in [3.8, 4) is 0 Å². The van der Waals surface area contributed by atoms with E-state index in [2.05, 4.69) is 0 Å². The van der Waals surface area contributed by atoms with Crippen molar-refractivity contribution in [2.24, 2.45) is 5.41 Å². The Labute approximate surface area is 130 Å². The zero-order chi connectivity index (χ0) is 16.1. The summed E-state index contributed by atoms with van der Waals surface area (Å²) in [6.45, 7) is 10.4. The summed E-state index contributed by atoms with van der Waals surface area (Å²) in [5.74, 6) is -0.0268.